The van der Waals surface area contributed by atoms with Gasteiger partial charge in [-0.05, 0) is 43.7 Å². The Hall–Kier alpha value is -2.27. The summed E-state index contributed by atoms with van der Waals surface area (Å²) >= 11 is 0. The van der Waals surface area contributed by atoms with E-state index in [0.717, 1.165) is 11.3 Å². The second kappa shape index (κ2) is 6.69. The lowest BCUT2D eigenvalue weighted by atomic mass is 10.1. The van der Waals surface area contributed by atoms with Gasteiger partial charge in [0.25, 0.3) is 0 Å². The number of benzene rings is 2. The van der Waals surface area contributed by atoms with Gasteiger partial charge in [-0.1, -0.05) is 18.2 Å². The first-order valence-corrected chi connectivity index (χ1v) is 8.02. The Morgan fingerprint density at radius 2 is 1.75 bits per heavy atom. The Morgan fingerprint density at radius 1 is 1.08 bits per heavy atom. The Labute approximate surface area is 140 Å². The fourth-order valence-electron chi connectivity index (χ4n) is 3.07. The van der Waals surface area contributed by atoms with Crippen LogP contribution in [0.1, 0.15) is 18.1 Å². The van der Waals surface area contributed by atoms with E-state index in [1.54, 1.807) is 11.8 Å². The molecule has 0 saturated carbocycles. The monoisotopic (exact) mass is 330 g/mol. The Morgan fingerprint density at radius 3 is 2.42 bits per heavy atom. The highest BCUT2D eigenvalue weighted by molar-refractivity contribution is 5.97. The number of nitrogens with zero attached hydrogens (tertiary/aromatic N) is 2. The zero-order valence-electron chi connectivity index (χ0n) is 13.8. The average molecular weight is 330 g/mol. The minimum absolute atomic E-state index is 0.0150. The first kappa shape index (κ1) is 16.6. The maximum absolute atomic E-state index is 13.9. The van der Waals surface area contributed by atoms with Crippen LogP contribution in [0, 0.1) is 18.6 Å². The van der Waals surface area contributed by atoms with Crippen molar-refractivity contribution in [2.75, 3.05) is 18.0 Å². The second-order valence-electron chi connectivity index (χ2n) is 6.18. The molecule has 0 unspecified atom stereocenters. The van der Waals surface area contributed by atoms with Crippen LogP contribution < -0.4 is 4.90 Å². The van der Waals surface area contributed by atoms with Gasteiger partial charge in [0.2, 0.25) is 5.91 Å². The van der Waals surface area contributed by atoms with Crippen molar-refractivity contribution >= 4 is 11.6 Å². The molecule has 0 radical (unpaired) electrons. The van der Waals surface area contributed by atoms with Gasteiger partial charge >= 0.3 is 0 Å². The van der Waals surface area contributed by atoms with Crippen molar-refractivity contribution in [1.82, 2.24) is 4.90 Å². The van der Waals surface area contributed by atoms with Gasteiger partial charge in [0.05, 0.1) is 6.04 Å². The zero-order valence-corrected chi connectivity index (χ0v) is 13.8. The Bertz CT molecular complexity index is 743. The van der Waals surface area contributed by atoms with Gasteiger partial charge in [-0.3, -0.25) is 9.69 Å². The zero-order chi connectivity index (χ0) is 17.3. The van der Waals surface area contributed by atoms with Crippen molar-refractivity contribution in [2.45, 2.75) is 26.4 Å². The molecule has 126 valence electrons. The molecule has 1 amide bonds. The number of amides is 1. The van der Waals surface area contributed by atoms with E-state index in [4.69, 9.17) is 0 Å². The van der Waals surface area contributed by atoms with E-state index in [0.29, 0.717) is 13.1 Å². The van der Waals surface area contributed by atoms with E-state index in [1.807, 2.05) is 36.1 Å². The number of aryl methyl sites for hydroxylation is 1. The molecule has 24 heavy (non-hydrogen) atoms. The quantitative estimate of drug-likeness (QED) is 0.860. The molecule has 0 N–H and O–H groups in total. The number of carbonyl (C=O) groups is 1. The van der Waals surface area contributed by atoms with E-state index in [2.05, 4.69) is 0 Å². The molecular formula is C19H20F2N2O. The van der Waals surface area contributed by atoms with E-state index in [9.17, 15) is 13.6 Å². The summed E-state index contributed by atoms with van der Waals surface area (Å²) in [6.45, 7) is 4.92. The highest BCUT2D eigenvalue weighted by atomic mass is 19.1. The highest BCUT2D eigenvalue weighted by Gasteiger charge is 2.33. The average Bonchev–Trinajstić information content (AvgIpc) is 2.55. The predicted molar refractivity (Wildman–Crippen MR) is 89.8 cm³/mol. The third-order valence-corrected chi connectivity index (χ3v) is 4.52. The third-order valence-electron chi connectivity index (χ3n) is 4.52. The fourth-order valence-corrected chi connectivity index (χ4v) is 3.07. The number of hydrogen-bond acceptors (Lipinski definition) is 2. The summed E-state index contributed by atoms with van der Waals surface area (Å²) in [6.07, 6.45) is 0. The fraction of sp³-hybridized carbons (Fsp3) is 0.316. The van der Waals surface area contributed by atoms with E-state index >= 15 is 0 Å². The van der Waals surface area contributed by atoms with Crippen LogP contribution in [0.4, 0.5) is 14.5 Å². The third kappa shape index (κ3) is 3.17. The molecule has 1 fully saturated rings. The lowest BCUT2D eigenvalue weighted by molar-refractivity contribution is -0.125. The standard InChI is InChI=1S/C19H20F2N2O/c1-13-5-3-6-15(11-13)23-10-9-22(14(2)19(23)24)12-16-17(20)7-4-8-18(16)21/h3-8,11,14H,9-10,12H2,1-2H3/t14-/m0/s1. The van der Waals surface area contributed by atoms with Gasteiger partial charge in [-0.2, -0.15) is 0 Å². The van der Waals surface area contributed by atoms with E-state index in [1.165, 1.54) is 18.2 Å². The second-order valence-corrected chi connectivity index (χ2v) is 6.18. The summed E-state index contributed by atoms with van der Waals surface area (Å²) in [4.78, 5) is 16.3. The maximum Gasteiger partial charge on any atom is 0.244 e. The highest BCUT2D eigenvalue weighted by Crippen LogP contribution is 2.24. The molecule has 0 aromatic heterocycles. The number of hydrogen-bond donors (Lipinski definition) is 0. The molecule has 3 rings (SSSR count). The van der Waals surface area contributed by atoms with Gasteiger partial charge in [0.15, 0.2) is 0 Å². The van der Waals surface area contributed by atoms with Crippen LogP contribution in [0.3, 0.4) is 0 Å². The minimum atomic E-state index is -0.573. The molecule has 2 aromatic rings. The number of anilines is 1. The van der Waals surface area contributed by atoms with Gasteiger partial charge in [-0.15, -0.1) is 0 Å². The summed E-state index contributed by atoms with van der Waals surface area (Å²) in [6, 6.07) is 11.2. The van der Waals surface area contributed by atoms with Crippen molar-refractivity contribution in [2.24, 2.45) is 0 Å². The van der Waals surface area contributed by atoms with E-state index in [-0.39, 0.29) is 18.0 Å². The van der Waals surface area contributed by atoms with Crippen molar-refractivity contribution in [3.63, 3.8) is 0 Å². The van der Waals surface area contributed by atoms with Crippen LogP contribution in [0.5, 0.6) is 0 Å². The predicted octanol–water partition coefficient (Wildman–Crippen LogP) is 3.51. The molecule has 0 aliphatic carbocycles. The SMILES string of the molecule is Cc1cccc(N2CCN(Cc3c(F)cccc3F)[C@@H](C)C2=O)c1. The van der Waals surface area contributed by atoms with Crippen LogP contribution in [-0.2, 0) is 11.3 Å². The van der Waals surface area contributed by atoms with Crippen molar-refractivity contribution in [3.8, 4) is 0 Å². The Balaban J connectivity index is 1.78. The summed E-state index contributed by atoms with van der Waals surface area (Å²) in [5, 5.41) is 0. The number of halogens is 2. The molecule has 1 aliphatic heterocycles. The number of piperazine rings is 1. The summed E-state index contributed by atoms with van der Waals surface area (Å²) in [5.74, 6) is -1.20. The van der Waals surface area contributed by atoms with Crippen LogP contribution in [0.2, 0.25) is 0 Å². The lowest BCUT2D eigenvalue weighted by Crippen LogP contribution is -2.55. The van der Waals surface area contributed by atoms with Crippen molar-refractivity contribution in [3.05, 3.63) is 65.2 Å². The van der Waals surface area contributed by atoms with Crippen LogP contribution in [0.25, 0.3) is 0 Å². The summed E-state index contributed by atoms with van der Waals surface area (Å²) < 4.78 is 27.7. The van der Waals surface area contributed by atoms with Gasteiger partial charge in [0, 0.05) is 30.9 Å². The molecule has 1 saturated heterocycles. The van der Waals surface area contributed by atoms with Gasteiger partial charge in [-0.25, -0.2) is 8.78 Å². The topological polar surface area (TPSA) is 23.6 Å². The molecule has 1 aliphatic rings. The first-order chi connectivity index (χ1) is 11.5. The van der Waals surface area contributed by atoms with Crippen LogP contribution in [-0.4, -0.2) is 29.9 Å². The summed E-state index contributed by atoms with van der Waals surface area (Å²) in [5.41, 5.74) is 1.97. The molecule has 1 heterocycles. The van der Waals surface area contributed by atoms with Crippen molar-refractivity contribution < 1.29 is 13.6 Å². The molecular weight excluding hydrogens is 310 g/mol. The van der Waals surface area contributed by atoms with E-state index < -0.39 is 17.7 Å². The number of carbonyl (C=O) groups excluding carboxylic acids is 1. The molecule has 2 aromatic carbocycles. The van der Waals surface area contributed by atoms with Crippen LogP contribution >= 0.6 is 0 Å². The van der Waals surface area contributed by atoms with Gasteiger partial charge in [0.1, 0.15) is 11.6 Å². The largest absolute Gasteiger partial charge is 0.310 e. The smallest absolute Gasteiger partial charge is 0.244 e. The normalized spacial score (nSPS) is 18.9. The lowest BCUT2D eigenvalue weighted by Gasteiger charge is -2.39. The Kier molecular flexibility index (Phi) is 4.62. The maximum atomic E-state index is 13.9. The molecule has 0 bridgehead atoms. The summed E-state index contributed by atoms with van der Waals surface area (Å²) in [7, 11) is 0. The van der Waals surface area contributed by atoms with Gasteiger partial charge < -0.3 is 4.90 Å². The molecule has 0 spiro atoms. The first-order valence-electron chi connectivity index (χ1n) is 8.02. The van der Waals surface area contributed by atoms with Crippen LogP contribution in [0.15, 0.2) is 42.5 Å². The molecule has 1 atom stereocenters. The minimum Gasteiger partial charge on any atom is -0.310 e. The molecule has 5 heteroatoms. The number of rotatable bonds is 3. The van der Waals surface area contributed by atoms with Crippen molar-refractivity contribution in [1.29, 1.82) is 0 Å². The molecule has 3 nitrogen and oxygen atoms in total.